The molecule has 6 nitrogen and oxygen atoms in total. The molecule has 0 aliphatic rings. The fourth-order valence-electron chi connectivity index (χ4n) is 1.78. The highest BCUT2D eigenvalue weighted by Gasteiger charge is 2.21. The molecule has 2 aromatic rings. The number of hydrogen-bond donors (Lipinski definition) is 1. The normalized spacial score (nSPS) is 10.1. The lowest BCUT2D eigenvalue weighted by Crippen LogP contribution is -2.00. The van der Waals surface area contributed by atoms with Crippen LogP contribution in [0, 0.1) is 15.9 Å². The highest BCUT2D eigenvalue weighted by atomic mass is 19.1. The quantitative estimate of drug-likeness (QED) is 0.675. The van der Waals surface area contributed by atoms with E-state index in [-0.39, 0.29) is 17.9 Å². The molecular weight excluding hydrogens is 281 g/mol. The van der Waals surface area contributed by atoms with Crippen LogP contribution in [0.4, 0.5) is 10.1 Å². The number of halogens is 1. The van der Waals surface area contributed by atoms with Crippen molar-refractivity contribution in [3.8, 4) is 11.5 Å². The summed E-state index contributed by atoms with van der Waals surface area (Å²) in [5.41, 5.74) is -0.291. The first-order valence-electron chi connectivity index (χ1n) is 5.89. The van der Waals surface area contributed by atoms with E-state index >= 15 is 0 Å². The molecule has 0 spiro atoms. The number of carboxylic acids is 1. The molecule has 0 aromatic heterocycles. The molecule has 0 unspecified atom stereocenters. The Morgan fingerprint density at radius 1 is 1.29 bits per heavy atom. The van der Waals surface area contributed by atoms with E-state index in [0.717, 1.165) is 6.07 Å². The van der Waals surface area contributed by atoms with E-state index in [1.807, 2.05) is 0 Å². The minimum Gasteiger partial charge on any atom is -0.481 e. The highest BCUT2D eigenvalue weighted by molar-refractivity contribution is 5.70. The van der Waals surface area contributed by atoms with Crippen LogP contribution in [0.25, 0.3) is 0 Å². The van der Waals surface area contributed by atoms with Crippen molar-refractivity contribution in [2.75, 3.05) is 0 Å². The van der Waals surface area contributed by atoms with Gasteiger partial charge in [0.15, 0.2) is 0 Å². The molecule has 108 valence electrons. The fraction of sp³-hybridized carbons (Fsp3) is 0.0714. The van der Waals surface area contributed by atoms with Crippen LogP contribution in [-0.2, 0) is 11.2 Å². The van der Waals surface area contributed by atoms with Gasteiger partial charge in [0.1, 0.15) is 5.75 Å². The number of aliphatic carboxylic acids is 1. The van der Waals surface area contributed by atoms with Crippen molar-refractivity contribution < 1.29 is 24.0 Å². The van der Waals surface area contributed by atoms with Gasteiger partial charge in [0.2, 0.25) is 11.6 Å². The topological polar surface area (TPSA) is 89.7 Å². The first-order chi connectivity index (χ1) is 9.97. The van der Waals surface area contributed by atoms with Crippen molar-refractivity contribution in [3.05, 3.63) is 64.0 Å². The van der Waals surface area contributed by atoms with Crippen LogP contribution in [0.2, 0.25) is 0 Å². The first kappa shape index (κ1) is 14.4. The number of ether oxygens (including phenoxy) is 1. The molecule has 2 rings (SSSR count). The van der Waals surface area contributed by atoms with Gasteiger partial charge in [0.25, 0.3) is 0 Å². The lowest BCUT2D eigenvalue weighted by atomic mass is 10.1. The Hall–Kier alpha value is -2.96. The minimum absolute atomic E-state index is 0.197. The fourth-order valence-corrected chi connectivity index (χ4v) is 1.78. The lowest BCUT2D eigenvalue weighted by Gasteiger charge is -2.07. The number of para-hydroxylation sites is 1. The number of hydrogen-bond acceptors (Lipinski definition) is 4. The molecule has 0 fully saturated rings. The van der Waals surface area contributed by atoms with Gasteiger partial charge in [-0.2, -0.15) is 4.39 Å². The maximum atomic E-state index is 13.5. The van der Waals surface area contributed by atoms with Gasteiger partial charge < -0.3 is 9.84 Å². The van der Waals surface area contributed by atoms with Crippen molar-refractivity contribution in [2.24, 2.45) is 0 Å². The van der Waals surface area contributed by atoms with E-state index < -0.39 is 22.4 Å². The third kappa shape index (κ3) is 3.53. The molecule has 7 heteroatoms. The van der Waals surface area contributed by atoms with Crippen LogP contribution in [-0.4, -0.2) is 16.0 Å². The Bertz CT molecular complexity index is 702. The summed E-state index contributed by atoms with van der Waals surface area (Å²) in [6.45, 7) is 0. The van der Waals surface area contributed by atoms with Gasteiger partial charge in [0, 0.05) is 0 Å². The maximum absolute atomic E-state index is 13.5. The monoisotopic (exact) mass is 291 g/mol. The molecule has 0 radical (unpaired) electrons. The van der Waals surface area contributed by atoms with E-state index in [4.69, 9.17) is 9.84 Å². The number of nitrogens with zero attached hydrogens (tertiary/aromatic N) is 1. The smallest absolute Gasteiger partial charge is 0.346 e. The van der Waals surface area contributed by atoms with Crippen molar-refractivity contribution in [1.29, 1.82) is 0 Å². The summed E-state index contributed by atoms with van der Waals surface area (Å²) in [5, 5.41) is 19.6. The summed E-state index contributed by atoms with van der Waals surface area (Å²) in [6, 6.07) is 9.60. The second kappa shape index (κ2) is 6.00. The molecule has 0 atom stereocenters. The molecule has 0 aliphatic carbocycles. The summed E-state index contributed by atoms with van der Waals surface area (Å²) in [4.78, 5) is 20.6. The van der Waals surface area contributed by atoms with Gasteiger partial charge in [-0.05, 0) is 29.8 Å². The third-order valence-electron chi connectivity index (χ3n) is 2.61. The first-order valence-corrected chi connectivity index (χ1v) is 5.89. The van der Waals surface area contributed by atoms with Crippen molar-refractivity contribution in [2.45, 2.75) is 6.42 Å². The van der Waals surface area contributed by atoms with E-state index in [1.165, 1.54) is 24.3 Å². The molecule has 0 saturated carbocycles. The molecule has 1 N–H and O–H groups in total. The van der Waals surface area contributed by atoms with Crippen LogP contribution in [0.5, 0.6) is 11.5 Å². The van der Waals surface area contributed by atoms with E-state index in [9.17, 15) is 19.3 Å². The average Bonchev–Trinajstić information content (AvgIpc) is 2.37. The lowest BCUT2D eigenvalue weighted by molar-refractivity contribution is -0.388. The summed E-state index contributed by atoms with van der Waals surface area (Å²) in [6.07, 6.45) is -0.206. The Labute approximate surface area is 118 Å². The molecule has 0 amide bonds. The minimum atomic E-state index is -1.01. The molecule has 21 heavy (non-hydrogen) atoms. The van der Waals surface area contributed by atoms with Crippen LogP contribution in [0.1, 0.15) is 5.56 Å². The summed E-state index contributed by atoms with van der Waals surface area (Å²) in [5.74, 6) is -2.06. The Morgan fingerprint density at radius 3 is 2.67 bits per heavy atom. The number of rotatable bonds is 5. The predicted molar refractivity (Wildman–Crippen MR) is 70.9 cm³/mol. The van der Waals surface area contributed by atoms with Gasteiger partial charge in [-0.1, -0.05) is 18.2 Å². The summed E-state index contributed by atoms with van der Waals surface area (Å²) < 4.78 is 18.8. The van der Waals surface area contributed by atoms with Gasteiger partial charge >= 0.3 is 11.7 Å². The van der Waals surface area contributed by atoms with Crippen LogP contribution < -0.4 is 4.74 Å². The number of benzene rings is 2. The predicted octanol–water partition coefficient (Wildman–Crippen LogP) is 3.15. The number of carbonyl (C=O) groups is 1. The SMILES string of the molecule is O=C(O)Cc1cccc(Oc2cccc(F)c2[N+](=O)[O-])c1. The highest BCUT2D eigenvalue weighted by Crippen LogP contribution is 2.33. The van der Waals surface area contributed by atoms with Crippen molar-refractivity contribution >= 4 is 11.7 Å². The standard InChI is InChI=1S/C14H10FNO5/c15-11-5-2-6-12(14(11)16(19)20)21-10-4-1-3-9(7-10)8-13(17)18/h1-7H,8H2,(H,17,18). The number of carboxylic acid groups (broad SMARTS) is 1. The largest absolute Gasteiger partial charge is 0.481 e. The molecule has 0 bridgehead atoms. The Kier molecular flexibility index (Phi) is 4.13. The molecule has 0 saturated heterocycles. The van der Waals surface area contributed by atoms with Gasteiger partial charge in [0.05, 0.1) is 11.3 Å². The molecule has 0 heterocycles. The average molecular weight is 291 g/mol. The summed E-state index contributed by atoms with van der Waals surface area (Å²) in [7, 11) is 0. The van der Waals surface area contributed by atoms with E-state index in [1.54, 1.807) is 12.1 Å². The van der Waals surface area contributed by atoms with E-state index in [2.05, 4.69) is 0 Å². The van der Waals surface area contributed by atoms with Gasteiger partial charge in [-0.25, -0.2) is 0 Å². The molecule has 2 aromatic carbocycles. The number of nitro groups is 1. The van der Waals surface area contributed by atoms with Crippen LogP contribution >= 0.6 is 0 Å². The maximum Gasteiger partial charge on any atom is 0.346 e. The van der Waals surface area contributed by atoms with E-state index in [0.29, 0.717) is 5.56 Å². The van der Waals surface area contributed by atoms with Crippen molar-refractivity contribution in [1.82, 2.24) is 0 Å². The van der Waals surface area contributed by atoms with Gasteiger partial charge in [-0.15, -0.1) is 0 Å². The van der Waals surface area contributed by atoms with Crippen LogP contribution in [0.3, 0.4) is 0 Å². The molecular formula is C14H10FNO5. The zero-order valence-corrected chi connectivity index (χ0v) is 10.7. The van der Waals surface area contributed by atoms with Crippen LogP contribution in [0.15, 0.2) is 42.5 Å². The Balaban J connectivity index is 2.32. The zero-order valence-electron chi connectivity index (χ0n) is 10.7. The summed E-state index contributed by atoms with van der Waals surface area (Å²) >= 11 is 0. The zero-order chi connectivity index (χ0) is 15.4. The third-order valence-corrected chi connectivity index (χ3v) is 2.61. The Morgan fingerprint density at radius 2 is 2.00 bits per heavy atom. The second-order valence-corrected chi connectivity index (χ2v) is 4.16. The molecule has 0 aliphatic heterocycles. The number of nitro benzene ring substituents is 1. The second-order valence-electron chi connectivity index (χ2n) is 4.16. The van der Waals surface area contributed by atoms with Gasteiger partial charge in [-0.3, -0.25) is 14.9 Å². The van der Waals surface area contributed by atoms with Crippen molar-refractivity contribution in [3.63, 3.8) is 0 Å².